The summed E-state index contributed by atoms with van der Waals surface area (Å²) in [7, 11) is 0. The maximum Gasteiger partial charge on any atom is 0.223 e. The van der Waals surface area contributed by atoms with E-state index in [-0.39, 0.29) is 0 Å². The molecule has 0 spiro atoms. The van der Waals surface area contributed by atoms with Gasteiger partial charge in [0.2, 0.25) is 5.52 Å². The second-order valence-corrected chi connectivity index (χ2v) is 6.71. The summed E-state index contributed by atoms with van der Waals surface area (Å²) in [6.45, 7) is 0. The third kappa shape index (κ3) is 3.86. The van der Waals surface area contributed by atoms with Crippen LogP contribution in [0.15, 0.2) is 82.0 Å². The van der Waals surface area contributed by atoms with Gasteiger partial charge in [-0.1, -0.05) is 37.9 Å². The SMILES string of the molecule is Brc1ccc2ncccc2c1.[O-][n+]1cccc2cc(Br)ccc21. The lowest BCUT2D eigenvalue weighted by molar-refractivity contribution is -0.577. The number of hydrogen-bond donors (Lipinski definition) is 0. The van der Waals surface area contributed by atoms with Gasteiger partial charge in [-0.25, -0.2) is 0 Å². The van der Waals surface area contributed by atoms with Gasteiger partial charge in [-0.15, -0.1) is 0 Å². The van der Waals surface area contributed by atoms with Crippen LogP contribution in [0.5, 0.6) is 0 Å². The van der Waals surface area contributed by atoms with E-state index in [0.29, 0.717) is 5.52 Å². The summed E-state index contributed by atoms with van der Waals surface area (Å²) in [6.07, 6.45) is 3.30. The van der Waals surface area contributed by atoms with Crippen LogP contribution in [0.2, 0.25) is 0 Å². The van der Waals surface area contributed by atoms with E-state index in [1.165, 1.54) is 11.6 Å². The number of aromatic nitrogens is 2. The standard InChI is InChI=1S/C9H6BrNO.C9H6BrN/c10-8-3-4-9-7(6-8)2-1-5-11(9)12;10-8-3-4-9-7(6-8)2-1-5-11-9/h1-6H;1-6H. The molecule has 0 aliphatic rings. The molecule has 114 valence electrons. The van der Waals surface area contributed by atoms with Crippen LogP contribution in [0.25, 0.3) is 21.8 Å². The van der Waals surface area contributed by atoms with E-state index in [9.17, 15) is 5.21 Å². The highest BCUT2D eigenvalue weighted by molar-refractivity contribution is 9.10. The van der Waals surface area contributed by atoms with E-state index >= 15 is 0 Å². The van der Waals surface area contributed by atoms with E-state index < -0.39 is 0 Å². The molecule has 2 heterocycles. The Kier molecular flexibility index (Phi) is 4.88. The zero-order valence-corrected chi connectivity index (χ0v) is 15.2. The number of hydrogen-bond acceptors (Lipinski definition) is 2. The minimum absolute atomic E-state index is 0.695. The third-order valence-electron chi connectivity index (χ3n) is 3.29. The summed E-state index contributed by atoms with van der Waals surface area (Å²) >= 11 is 6.75. The summed E-state index contributed by atoms with van der Waals surface area (Å²) in [4.78, 5) is 4.20. The van der Waals surface area contributed by atoms with Crippen molar-refractivity contribution in [3.63, 3.8) is 0 Å². The summed E-state index contributed by atoms with van der Waals surface area (Å²) in [5.41, 5.74) is 1.73. The van der Waals surface area contributed by atoms with Gasteiger partial charge >= 0.3 is 0 Å². The molecular weight excluding hydrogens is 420 g/mol. The number of halogens is 2. The highest BCUT2D eigenvalue weighted by atomic mass is 79.9. The van der Waals surface area contributed by atoms with E-state index in [4.69, 9.17) is 0 Å². The van der Waals surface area contributed by atoms with Crippen molar-refractivity contribution in [2.24, 2.45) is 0 Å². The first-order chi connectivity index (χ1) is 11.1. The summed E-state index contributed by atoms with van der Waals surface area (Å²) in [6, 6.07) is 19.3. The monoisotopic (exact) mass is 430 g/mol. The van der Waals surface area contributed by atoms with Crippen molar-refractivity contribution in [2.45, 2.75) is 0 Å². The van der Waals surface area contributed by atoms with Crippen LogP contribution >= 0.6 is 31.9 Å². The van der Waals surface area contributed by atoms with Gasteiger partial charge in [0.1, 0.15) is 0 Å². The zero-order valence-electron chi connectivity index (χ0n) is 12.0. The second-order valence-electron chi connectivity index (χ2n) is 4.88. The molecule has 0 saturated heterocycles. The zero-order chi connectivity index (χ0) is 16.2. The van der Waals surface area contributed by atoms with Crippen LogP contribution in [0.1, 0.15) is 0 Å². The van der Waals surface area contributed by atoms with Crippen LogP contribution in [-0.4, -0.2) is 4.98 Å². The molecule has 0 unspecified atom stereocenters. The first-order valence-electron chi connectivity index (χ1n) is 6.91. The van der Waals surface area contributed by atoms with Crippen molar-refractivity contribution in [3.05, 3.63) is 87.2 Å². The van der Waals surface area contributed by atoms with E-state index in [2.05, 4.69) is 42.9 Å². The lowest BCUT2D eigenvalue weighted by Gasteiger charge is -1.99. The highest BCUT2D eigenvalue weighted by Crippen LogP contribution is 2.17. The van der Waals surface area contributed by atoms with Crippen LogP contribution < -0.4 is 4.73 Å². The Morgan fingerprint density at radius 3 is 2.35 bits per heavy atom. The lowest BCUT2D eigenvalue weighted by atomic mass is 10.2. The van der Waals surface area contributed by atoms with Crippen molar-refractivity contribution < 1.29 is 4.73 Å². The Balaban J connectivity index is 0.000000136. The topological polar surface area (TPSA) is 39.8 Å². The molecule has 0 bridgehead atoms. The molecule has 0 aliphatic heterocycles. The number of fused-ring (bicyclic) bond motifs is 2. The van der Waals surface area contributed by atoms with Crippen molar-refractivity contribution >= 4 is 53.7 Å². The lowest BCUT2D eigenvalue weighted by Crippen LogP contribution is -2.25. The van der Waals surface area contributed by atoms with Gasteiger partial charge in [-0.05, 0) is 42.5 Å². The maximum absolute atomic E-state index is 11.2. The Bertz CT molecular complexity index is 973. The summed E-state index contributed by atoms with van der Waals surface area (Å²) in [5.74, 6) is 0. The average molecular weight is 432 g/mol. The van der Waals surface area contributed by atoms with Gasteiger partial charge in [0.15, 0.2) is 6.20 Å². The summed E-state index contributed by atoms with van der Waals surface area (Å²) in [5, 5.41) is 13.3. The molecule has 0 saturated carbocycles. The number of benzene rings is 2. The molecule has 0 aliphatic carbocycles. The molecule has 3 nitrogen and oxygen atoms in total. The van der Waals surface area contributed by atoms with E-state index in [1.807, 2.05) is 42.5 Å². The maximum atomic E-state index is 11.2. The fourth-order valence-corrected chi connectivity index (χ4v) is 2.97. The van der Waals surface area contributed by atoms with Crippen LogP contribution in [0.3, 0.4) is 0 Å². The van der Waals surface area contributed by atoms with Gasteiger partial charge < -0.3 is 5.21 Å². The predicted octanol–water partition coefficient (Wildman–Crippen LogP) is 5.23. The number of pyridine rings is 2. The summed E-state index contributed by atoms with van der Waals surface area (Å²) < 4.78 is 2.95. The molecule has 0 fully saturated rings. The number of nitrogens with zero attached hydrogens (tertiary/aromatic N) is 2. The van der Waals surface area contributed by atoms with E-state index in [0.717, 1.165) is 24.6 Å². The Hall–Kier alpha value is -1.98. The van der Waals surface area contributed by atoms with Gasteiger partial charge in [0.05, 0.1) is 5.52 Å². The van der Waals surface area contributed by atoms with Crippen LogP contribution in [0, 0.1) is 5.21 Å². The fourth-order valence-electron chi connectivity index (χ4n) is 2.21. The van der Waals surface area contributed by atoms with Crippen molar-refractivity contribution in [1.82, 2.24) is 4.98 Å². The first-order valence-corrected chi connectivity index (χ1v) is 8.50. The largest absolute Gasteiger partial charge is 0.618 e. The Morgan fingerprint density at radius 2 is 1.52 bits per heavy atom. The second kappa shape index (κ2) is 7.06. The van der Waals surface area contributed by atoms with E-state index in [1.54, 1.807) is 18.3 Å². The van der Waals surface area contributed by atoms with Gasteiger partial charge in [0, 0.05) is 38.0 Å². The smallest absolute Gasteiger partial charge is 0.223 e. The van der Waals surface area contributed by atoms with Crippen molar-refractivity contribution in [2.75, 3.05) is 0 Å². The molecule has 5 heteroatoms. The fraction of sp³-hybridized carbons (Fsp3) is 0. The normalized spacial score (nSPS) is 10.3. The van der Waals surface area contributed by atoms with Crippen LogP contribution in [-0.2, 0) is 0 Å². The minimum atomic E-state index is 0.695. The minimum Gasteiger partial charge on any atom is -0.618 e. The van der Waals surface area contributed by atoms with Crippen LogP contribution in [0.4, 0.5) is 0 Å². The highest BCUT2D eigenvalue weighted by Gasteiger charge is 2.01. The molecule has 0 amide bonds. The molecule has 23 heavy (non-hydrogen) atoms. The van der Waals surface area contributed by atoms with Gasteiger partial charge in [0.25, 0.3) is 0 Å². The quantitative estimate of drug-likeness (QED) is 0.282. The molecule has 0 N–H and O–H groups in total. The molecule has 4 rings (SSSR count). The predicted molar refractivity (Wildman–Crippen MR) is 100 cm³/mol. The van der Waals surface area contributed by atoms with Crippen molar-refractivity contribution in [3.8, 4) is 0 Å². The van der Waals surface area contributed by atoms with Gasteiger partial charge in [-0.3, -0.25) is 4.98 Å². The Labute approximate surface area is 150 Å². The molecule has 4 aromatic rings. The Morgan fingerprint density at radius 1 is 0.826 bits per heavy atom. The molecule has 2 aromatic heterocycles. The first kappa shape index (κ1) is 15.9. The molecule has 2 aromatic carbocycles. The number of rotatable bonds is 0. The van der Waals surface area contributed by atoms with Crippen molar-refractivity contribution in [1.29, 1.82) is 0 Å². The molecular formula is C18H12Br2N2O. The average Bonchev–Trinajstić information content (AvgIpc) is 2.55. The third-order valence-corrected chi connectivity index (χ3v) is 4.28. The molecule has 0 radical (unpaired) electrons. The molecule has 0 atom stereocenters. The van der Waals surface area contributed by atoms with Gasteiger partial charge in [-0.2, -0.15) is 4.73 Å².